The SMILES string of the molecule is CNC(=O)c1cc(Oc2ccc(NC(=O)Nc3cc(Cc4ccccc4)nn3-c3cccc(F)c3)c(F)c2)ccn1. The van der Waals surface area contributed by atoms with E-state index in [0.717, 1.165) is 11.6 Å². The highest BCUT2D eigenvalue weighted by Gasteiger charge is 2.16. The number of ether oxygens (including phenoxy) is 1. The van der Waals surface area contributed by atoms with Gasteiger partial charge in [-0.25, -0.2) is 18.3 Å². The number of rotatable bonds is 8. The molecular weight excluding hydrogens is 530 g/mol. The van der Waals surface area contributed by atoms with Crippen LogP contribution in [0.25, 0.3) is 5.69 Å². The van der Waals surface area contributed by atoms with Crippen LogP contribution in [-0.2, 0) is 6.42 Å². The van der Waals surface area contributed by atoms with Crippen LogP contribution in [-0.4, -0.2) is 33.8 Å². The lowest BCUT2D eigenvalue weighted by Crippen LogP contribution is -2.22. The molecule has 0 saturated carbocycles. The third-order valence-corrected chi connectivity index (χ3v) is 5.90. The van der Waals surface area contributed by atoms with Crippen LogP contribution in [0.3, 0.4) is 0 Å². The molecular formula is C30H24F2N6O3. The first-order valence-electron chi connectivity index (χ1n) is 12.5. The van der Waals surface area contributed by atoms with Gasteiger partial charge in [0.25, 0.3) is 5.91 Å². The van der Waals surface area contributed by atoms with E-state index in [1.807, 2.05) is 30.3 Å². The van der Waals surface area contributed by atoms with Gasteiger partial charge in [-0.1, -0.05) is 36.4 Å². The molecule has 11 heteroatoms. The van der Waals surface area contributed by atoms with Crippen LogP contribution in [0, 0.1) is 11.6 Å². The number of benzene rings is 3. The van der Waals surface area contributed by atoms with Crippen LogP contribution >= 0.6 is 0 Å². The third-order valence-electron chi connectivity index (χ3n) is 5.90. The van der Waals surface area contributed by atoms with Gasteiger partial charge >= 0.3 is 6.03 Å². The van der Waals surface area contributed by atoms with Crippen LogP contribution in [0.4, 0.5) is 25.1 Å². The van der Waals surface area contributed by atoms with Gasteiger partial charge < -0.3 is 15.4 Å². The lowest BCUT2D eigenvalue weighted by molar-refractivity contribution is 0.0957. The van der Waals surface area contributed by atoms with E-state index >= 15 is 0 Å². The first-order valence-corrected chi connectivity index (χ1v) is 12.5. The number of aromatic nitrogens is 3. The van der Waals surface area contributed by atoms with Crippen molar-refractivity contribution in [3.63, 3.8) is 0 Å². The molecule has 0 saturated heterocycles. The summed E-state index contributed by atoms with van der Waals surface area (Å²) in [6, 6.07) is 23.2. The van der Waals surface area contributed by atoms with Crippen molar-refractivity contribution >= 4 is 23.4 Å². The van der Waals surface area contributed by atoms with Crippen molar-refractivity contribution in [3.05, 3.63) is 126 Å². The summed E-state index contributed by atoms with van der Waals surface area (Å²) in [5.41, 5.74) is 2.09. The number of urea groups is 1. The van der Waals surface area contributed by atoms with E-state index in [4.69, 9.17) is 4.74 Å². The minimum Gasteiger partial charge on any atom is -0.457 e. The first-order chi connectivity index (χ1) is 19.9. The van der Waals surface area contributed by atoms with Crippen molar-refractivity contribution < 1.29 is 23.1 Å². The Balaban J connectivity index is 1.32. The standard InChI is InChI=1S/C30H24F2N6O3/c1-33-29(39)27-18-24(12-13-34-27)41-23-10-11-26(25(32)17-23)35-30(40)36-28-16-21(14-19-6-3-2-4-7-19)37-38(28)22-9-5-8-20(31)15-22/h2-13,15-18H,14H2,1H3,(H,33,39)(H2,35,36,40). The maximum atomic E-state index is 14.9. The van der Waals surface area contributed by atoms with Crippen LogP contribution in [0.2, 0.25) is 0 Å². The fourth-order valence-corrected chi connectivity index (χ4v) is 4.01. The Bertz CT molecular complexity index is 1710. The number of amides is 3. The second-order valence-electron chi connectivity index (χ2n) is 8.85. The lowest BCUT2D eigenvalue weighted by Gasteiger charge is -2.12. The van der Waals surface area contributed by atoms with Crippen molar-refractivity contribution in [2.45, 2.75) is 6.42 Å². The monoisotopic (exact) mass is 554 g/mol. The molecule has 5 aromatic rings. The molecule has 0 aliphatic heterocycles. The molecule has 206 valence electrons. The second-order valence-corrected chi connectivity index (χ2v) is 8.85. The Morgan fingerprint density at radius 2 is 1.68 bits per heavy atom. The van der Waals surface area contributed by atoms with Gasteiger partial charge in [0.1, 0.15) is 34.6 Å². The number of hydrogen-bond donors (Lipinski definition) is 3. The Morgan fingerprint density at radius 1 is 0.878 bits per heavy atom. The van der Waals surface area contributed by atoms with Crippen molar-refractivity contribution in [3.8, 4) is 17.2 Å². The molecule has 0 unspecified atom stereocenters. The quantitative estimate of drug-likeness (QED) is 0.220. The summed E-state index contributed by atoms with van der Waals surface area (Å²) in [6.07, 6.45) is 1.88. The van der Waals surface area contributed by atoms with Gasteiger partial charge in [-0.3, -0.25) is 15.1 Å². The van der Waals surface area contributed by atoms with Crippen LogP contribution < -0.4 is 20.7 Å². The molecule has 0 spiro atoms. The molecule has 2 heterocycles. The minimum absolute atomic E-state index is 0.100. The summed E-state index contributed by atoms with van der Waals surface area (Å²) in [5.74, 6) is -0.895. The molecule has 3 aromatic carbocycles. The van der Waals surface area contributed by atoms with Gasteiger partial charge in [-0.2, -0.15) is 5.10 Å². The summed E-state index contributed by atoms with van der Waals surface area (Å²) in [4.78, 5) is 28.6. The van der Waals surface area contributed by atoms with Gasteiger partial charge in [0.2, 0.25) is 0 Å². The van der Waals surface area contributed by atoms with Crippen molar-refractivity contribution in [2.75, 3.05) is 17.7 Å². The highest BCUT2D eigenvalue weighted by Crippen LogP contribution is 2.26. The number of hydrogen-bond acceptors (Lipinski definition) is 5. The largest absolute Gasteiger partial charge is 0.457 e. The highest BCUT2D eigenvalue weighted by atomic mass is 19.1. The van der Waals surface area contributed by atoms with E-state index in [9.17, 15) is 18.4 Å². The van der Waals surface area contributed by atoms with E-state index in [0.29, 0.717) is 17.8 Å². The number of carbonyl (C=O) groups excluding carboxylic acids is 2. The molecule has 3 N–H and O–H groups in total. The molecule has 0 aliphatic rings. The van der Waals surface area contributed by atoms with E-state index in [1.54, 1.807) is 12.1 Å². The smallest absolute Gasteiger partial charge is 0.324 e. The van der Waals surface area contributed by atoms with Crippen molar-refractivity contribution in [1.82, 2.24) is 20.1 Å². The van der Waals surface area contributed by atoms with Gasteiger partial charge in [0, 0.05) is 37.9 Å². The number of carbonyl (C=O) groups is 2. The Labute approximate surface area is 233 Å². The Hall–Kier alpha value is -5.58. The topological polar surface area (TPSA) is 110 Å². The molecule has 3 amide bonds. The van der Waals surface area contributed by atoms with Crippen LogP contribution in [0.1, 0.15) is 21.7 Å². The summed E-state index contributed by atoms with van der Waals surface area (Å²) in [7, 11) is 1.48. The van der Waals surface area contributed by atoms with Gasteiger partial charge in [0.15, 0.2) is 0 Å². The van der Waals surface area contributed by atoms with Crippen LogP contribution in [0.15, 0.2) is 97.2 Å². The first kappa shape index (κ1) is 27.0. The molecule has 0 atom stereocenters. The summed E-state index contributed by atoms with van der Waals surface area (Å²) in [6.45, 7) is 0. The zero-order valence-corrected chi connectivity index (χ0v) is 21.8. The number of nitrogens with zero attached hydrogens (tertiary/aromatic N) is 3. The minimum atomic E-state index is -0.748. The van der Waals surface area contributed by atoms with Crippen molar-refractivity contribution in [1.29, 1.82) is 0 Å². The van der Waals surface area contributed by atoms with E-state index in [-0.39, 0.29) is 28.7 Å². The highest BCUT2D eigenvalue weighted by molar-refractivity contribution is 5.99. The molecule has 0 aliphatic carbocycles. The third kappa shape index (κ3) is 6.71. The average molecular weight is 555 g/mol. The Morgan fingerprint density at radius 3 is 2.44 bits per heavy atom. The predicted octanol–water partition coefficient (Wildman–Crippen LogP) is 5.93. The van der Waals surface area contributed by atoms with E-state index in [2.05, 4.69) is 26.0 Å². The number of halogens is 2. The lowest BCUT2D eigenvalue weighted by atomic mass is 10.1. The molecule has 0 fully saturated rings. The second kappa shape index (κ2) is 12.1. The summed E-state index contributed by atoms with van der Waals surface area (Å²) < 4.78 is 35.9. The number of anilines is 2. The summed E-state index contributed by atoms with van der Waals surface area (Å²) >= 11 is 0. The normalized spacial score (nSPS) is 10.6. The number of pyridine rings is 1. The van der Waals surface area contributed by atoms with E-state index < -0.39 is 23.6 Å². The van der Waals surface area contributed by atoms with Gasteiger partial charge in [-0.15, -0.1) is 0 Å². The molecule has 0 radical (unpaired) electrons. The zero-order chi connectivity index (χ0) is 28.8. The fraction of sp³-hybridized carbons (Fsp3) is 0.0667. The average Bonchev–Trinajstić information content (AvgIpc) is 3.36. The maximum absolute atomic E-state index is 14.9. The molecule has 0 bridgehead atoms. The fourth-order valence-electron chi connectivity index (χ4n) is 4.01. The zero-order valence-electron chi connectivity index (χ0n) is 21.8. The maximum Gasteiger partial charge on any atom is 0.324 e. The molecule has 9 nitrogen and oxygen atoms in total. The van der Waals surface area contributed by atoms with Gasteiger partial charge in [-0.05, 0) is 42.0 Å². The molecule has 41 heavy (non-hydrogen) atoms. The van der Waals surface area contributed by atoms with Crippen molar-refractivity contribution in [2.24, 2.45) is 0 Å². The predicted molar refractivity (Wildman–Crippen MR) is 150 cm³/mol. The number of nitrogens with one attached hydrogen (secondary N) is 3. The van der Waals surface area contributed by atoms with Gasteiger partial charge in [0.05, 0.1) is 17.1 Å². The molecule has 2 aromatic heterocycles. The van der Waals surface area contributed by atoms with E-state index in [1.165, 1.54) is 60.4 Å². The Kier molecular flexibility index (Phi) is 7.95. The van der Waals surface area contributed by atoms with Crippen LogP contribution in [0.5, 0.6) is 11.5 Å². The summed E-state index contributed by atoms with van der Waals surface area (Å²) in [5, 5.41) is 12.2. The molecule has 5 rings (SSSR count).